The van der Waals surface area contributed by atoms with Gasteiger partial charge in [-0.15, -0.1) is 0 Å². The highest BCUT2D eigenvalue weighted by atomic mass is 16.6. The van der Waals surface area contributed by atoms with Gasteiger partial charge in [0.25, 0.3) is 12.9 Å². The van der Waals surface area contributed by atoms with E-state index in [2.05, 4.69) is 9.47 Å². The van der Waals surface area contributed by atoms with E-state index < -0.39 is 47.8 Å². The minimum atomic E-state index is -0.526. The molecule has 0 aliphatic carbocycles. The molecule has 0 fully saturated rings. The standard InChI is InChI=1S/2C12H16O5.2C11H14O5.2C10H12O5/c1-4-11(13)15-7-9-5-6-10(17-9)12(14)16-8(2)3;1-3-7-15-12(14)10-6-5-9(17-10)8-16-11(13)4-2;1-7(2)15-11(13)10-5-4-9(16-10)6-14-8(3)12;1-3-6-14-11(13)10-5-4-9(16-10)7-15-8(2)12;1-7(2)14-10(12)9-4-3-8(15-9)5-13-6-11;1-2-5-14-10(12)9-4-3-8(15-9)6-13-7-11/h5-6,8H,4,7H2,1-3H3;5-6H,3-4,7-8H2,1-2H3;4-5,7H,6H2,1-3H3;4-5H,3,6-7H2,1-2H3;3-4,6-7H,5H2,1-2H3;3-4,7H,2,5-6H2,1H3. The molecule has 6 aromatic heterocycles. The highest BCUT2D eigenvalue weighted by molar-refractivity contribution is 5.88. The topological polar surface area (TPSA) is 394 Å². The van der Waals surface area contributed by atoms with Crippen molar-refractivity contribution in [3.8, 4) is 0 Å². The van der Waals surface area contributed by atoms with Gasteiger partial charge in [0.1, 0.15) is 74.2 Å². The van der Waals surface area contributed by atoms with E-state index in [1.807, 2.05) is 20.8 Å². The van der Waals surface area contributed by atoms with Crippen molar-refractivity contribution < 1.29 is 141 Å². The summed E-state index contributed by atoms with van der Waals surface area (Å²) in [5.41, 5.74) is 0. The third-order valence-corrected chi connectivity index (χ3v) is 10.3. The molecule has 6 heterocycles. The van der Waals surface area contributed by atoms with Gasteiger partial charge in [-0.05, 0) is 134 Å². The lowest BCUT2D eigenvalue weighted by molar-refractivity contribution is -0.145. The average Bonchev–Trinajstić information content (AvgIpc) is 1.92. The maximum absolute atomic E-state index is 11.4. The Balaban J connectivity index is 0.000000576. The molecular weight excluding hydrogens is 1270 g/mol. The fourth-order valence-corrected chi connectivity index (χ4v) is 6.09. The van der Waals surface area contributed by atoms with Gasteiger partial charge in [0, 0.05) is 26.7 Å². The second-order valence-electron chi connectivity index (χ2n) is 19.8. The van der Waals surface area contributed by atoms with E-state index in [0.29, 0.717) is 80.2 Å². The monoisotopic (exact) mass is 1360 g/mol. The highest BCUT2D eigenvalue weighted by Gasteiger charge is 2.19. The van der Waals surface area contributed by atoms with Crippen LogP contribution in [0.15, 0.2) is 99.3 Å². The molecule has 0 radical (unpaired) electrons. The van der Waals surface area contributed by atoms with E-state index in [9.17, 15) is 57.5 Å². The number of esters is 10. The predicted molar refractivity (Wildman–Crippen MR) is 328 cm³/mol. The minimum absolute atomic E-state index is 0.0124. The summed E-state index contributed by atoms with van der Waals surface area (Å²) in [6.45, 7) is 24.1. The van der Waals surface area contributed by atoms with E-state index in [0.717, 1.165) is 19.3 Å². The largest absolute Gasteiger partial charge is 0.460 e. The van der Waals surface area contributed by atoms with Crippen LogP contribution >= 0.6 is 0 Å². The molecule has 0 bridgehead atoms. The average molecular weight is 1360 g/mol. The molecule has 30 heteroatoms. The lowest BCUT2D eigenvalue weighted by Gasteiger charge is -2.05. The van der Waals surface area contributed by atoms with Gasteiger partial charge in [0.05, 0.1) is 38.1 Å². The van der Waals surface area contributed by atoms with Crippen molar-refractivity contribution in [3.63, 3.8) is 0 Å². The summed E-state index contributed by atoms with van der Waals surface area (Å²) in [6.07, 6.45) is 2.30. The Morgan fingerprint density at radius 3 is 0.740 bits per heavy atom. The summed E-state index contributed by atoms with van der Waals surface area (Å²) in [5, 5.41) is 0. The molecule has 96 heavy (non-hydrogen) atoms. The fourth-order valence-electron chi connectivity index (χ4n) is 6.09. The molecular formula is C66H84O30. The van der Waals surface area contributed by atoms with Gasteiger partial charge in [-0.2, -0.15) is 0 Å². The molecule has 528 valence electrons. The Morgan fingerprint density at radius 1 is 0.323 bits per heavy atom. The van der Waals surface area contributed by atoms with Crippen molar-refractivity contribution in [1.82, 2.24) is 0 Å². The minimum Gasteiger partial charge on any atom is -0.460 e. The molecule has 0 amide bonds. The first-order valence-electron chi connectivity index (χ1n) is 30.1. The van der Waals surface area contributed by atoms with Gasteiger partial charge in [-0.25, -0.2) is 28.8 Å². The highest BCUT2D eigenvalue weighted by Crippen LogP contribution is 2.17. The molecule has 30 nitrogen and oxygen atoms in total. The Labute approximate surface area is 553 Å². The summed E-state index contributed by atoms with van der Waals surface area (Å²) in [6, 6.07) is 18.4. The normalized spacial score (nSPS) is 10.0. The smallest absolute Gasteiger partial charge is 0.374 e. The van der Waals surface area contributed by atoms with Crippen LogP contribution < -0.4 is 0 Å². The number of hydrogen-bond donors (Lipinski definition) is 0. The van der Waals surface area contributed by atoms with Crippen molar-refractivity contribution in [2.45, 2.75) is 180 Å². The van der Waals surface area contributed by atoms with Gasteiger partial charge >= 0.3 is 59.7 Å². The van der Waals surface area contributed by atoms with Crippen LogP contribution in [0.3, 0.4) is 0 Å². The molecule has 0 atom stereocenters. The summed E-state index contributed by atoms with van der Waals surface area (Å²) < 4.78 is 88.4. The van der Waals surface area contributed by atoms with Gasteiger partial charge < -0.3 is 83.3 Å². The summed E-state index contributed by atoms with van der Waals surface area (Å²) in [5.74, 6) is -1.33. The van der Waals surface area contributed by atoms with Crippen molar-refractivity contribution in [2.75, 3.05) is 19.8 Å². The summed E-state index contributed by atoms with van der Waals surface area (Å²) in [7, 11) is 0. The first kappa shape index (κ1) is 83.3. The molecule has 0 spiro atoms. The first-order chi connectivity index (χ1) is 45.7. The van der Waals surface area contributed by atoms with Crippen molar-refractivity contribution in [2.24, 2.45) is 0 Å². The van der Waals surface area contributed by atoms with E-state index in [1.54, 1.807) is 91.8 Å². The molecule has 0 saturated heterocycles. The van der Waals surface area contributed by atoms with E-state index in [-0.39, 0.29) is 104 Å². The molecule has 0 saturated carbocycles. The van der Waals surface area contributed by atoms with Crippen molar-refractivity contribution in [3.05, 3.63) is 142 Å². The maximum Gasteiger partial charge on any atom is 0.374 e. The number of carbonyl (C=O) groups excluding carboxylic acids is 12. The molecule has 0 unspecified atom stereocenters. The van der Waals surface area contributed by atoms with Crippen molar-refractivity contribution >= 4 is 72.6 Å². The second kappa shape index (κ2) is 48.1. The SMILES string of the molecule is CC(=O)OCc1ccc(C(=O)OC(C)C)o1.CC(C)OC(=O)c1ccc(COC=O)o1.CCC(=O)OCc1ccc(C(=O)OC(C)C)o1.CCCOC(=O)c1ccc(COC(=O)CC)o1.CCCOC(=O)c1ccc(COC(C)=O)o1.CCCOC(=O)c1ccc(COC=O)o1. The van der Waals surface area contributed by atoms with Crippen LogP contribution in [0.25, 0.3) is 0 Å². The van der Waals surface area contributed by atoms with Gasteiger partial charge in [0.2, 0.25) is 34.6 Å². The number of carbonyl (C=O) groups is 12. The zero-order valence-corrected chi connectivity index (χ0v) is 56.0. The Hall–Kier alpha value is -10.7. The van der Waals surface area contributed by atoms with E-state index >= 15 is 0 Å². The third-order valence-electron chi connectivity index (χ3n) is 10.3. The number of furan rings is 6. The number of hydrogen-bond acceptors (Lipinski definition) is 30. The zero-order valence-electron chi connectivity index (χ0n) is 56.0. The Kier molecular flexibility index (Phi) is 41.8. The van der Waals surface area contributed by atoms with Crippen LogP contribution in [0.1, 0.15) is 220 Å². The zero-order chi connectivity index (χ0) is 72.0. The maximum atomic E-state index is 11.4. The Morgan fingerprint density at radius 2 is 0.542 bits per heavy atom. The molecule has 0 aromatic carbocycles. The predicted octanol–water partition coefficient (Wildman–Crippen LogP) is 11.5. The fraction of sp³-hybridized carbons (Fsp3) is 0.455. The molecule has 0 aliphatic heterocycles. The lowest BCUT2D eigenvalue weighted by atomic mass is 10.4. The number of rotatable bonds is 31. The Bertz CT molecular complexity index is 3300. The lowest BCUT2D eigenvalue weighted by Crippen LogP contribution is -2.10. The van der Waals surface area contributed by atoms with Crippen LogP contribution in [0.4, 0.5) is 0 Å². The van der Waals surface area contributed by atoms with E-state index in [4.69, 9.17) is 73.9 Å². The molecule has 0 N–H and O–H groups in total. The van der Waals surface area contributed by atoms with Crippen molar-refractivity contribution in [1.29, 1.82) is 0 Å². The second-order valence-corrected chi connectivity index (χ2v) is 19.8. The molecule has 0 aliphatic rings. The van der Waals surface area contributed by atoms with Crippen LogP contribution in [0.5, 0.6) is 0 Å². The van der Waals surface area contributed by atoms with Crippen LogP contribution in [0, 0.1) is 0 Å². The quantitative estimate of drug-likeness (QED) is 0.0222. The number of ether oxygens (including phenoxy) is 12. The van der Waals surface area contributed by atoms with Gasteiger partial charge in [-0.1, -0.05) is 34.6 Å². The summed E-state index contributed by atoms with van der Waals surface area (Å²) in [4.78, 5) is 131. The third kappa shape index (κ3) is 37.1. The van der Waals surface area contributed by atoms with Crippen LogP contribution in [0.2, 0.25) is 0 Å². The summed E-state index contributed by atoms with van der Waals surface area (Å²) >= 11 is 0. The molecule has 6 aromatic rings. The van der Waals surface area contributed by atoms with Crippen LogP contribution in [-0.4, -0.2) is 111 Å². The molecule has 6 rings (SSSR count). The van der Waals surface area contributed by atoms with Gasteiger partial charge in [0.15, 0.2) is 0 Å². The van der Waals surface area contributed by atoms with E-state index in [1.165, 1.54) is 50.2 Å². The van der Waals surface area contributed by atoms with Gasteiger partial charge in [-0.3, -0.25) is 28.8 Å². The first-order valence-corrected chi connectivity index (χ1v) is 30.1. The van der Waals surface area contributed by atoms with Crippen LogP contribution in [-0.2, 0) is 125 Å².